The number of alkyl halides is 1. The van der Waals surface area contributed by atoms with Crippen molar-refractivity contribution in [1.82, 2.24) is 4.90 Å². The predicted octanol–water partition coefficient (Wildman–Crippen LogP) is 1.44. The van der Waals surface area contributed by atoms with Crippen molar-refractivity contribution in [2.45, 2.75) is 45.5 Å². The van der Waals surface area contributed by atoms with E-state index in [4.69, 9.17) is 5.11 Å². The van der Waals surface area contributed by atoms with Crippen molar-refractivity contribution in [3.8, 4) is 0 Å². The third-order valence-corrected chi connectivity index (χ3v) is 2.11. The molecule has 1 heterocycles. The van der Waals surface area contributed by atoms with Gasteiger partial charge in [-0.25, -0.2) is 4.39 Å². The molecule has 1 rings (SSSR count). The van der Waals surface area contributed by atoms with Crippen molar-refractivity contribution in [2.75, 3.05) is 13.6 Å². The zero-order chi connectivity index (χ0) is 9.72. The van der Waals surface area contributed by atoms with Crippen LogP contribution >= 0.6 is 0 Å². The lowest BCUT2D eigenvalue weighted by Crippen LogP contribution is -2.34. The number of hydrogen-bond donors (Lipinski definition) is 1. The molecule has 3 heteroatoms. The number of aliphatic hydroxyl groups excluding tert-OH is 1. The van der Waals surface area contributed by atoms with E-state index >= 15 is 0 Å². The monoisotopic (exact) mass is 177 g/mol. The van der Waals surface area contributed by atoms with E-state index in [0.29, 0.717) is 13.0 Å². The lowest BCUT2D eigenvalue weighted by atomic mass is 10.1. The molecule has 0 saturated carbocycles. The van der Waals surface area contributed by atoms with E-state index in [-0.39, 0.29) is 6.04 Å². The number of likely N-dealkylation sites (tertiary alicyclic amines) is 1. The molecule has 74 valence electrons. The van der Waals surface area contributed by atoms with Crippen LogP contribution in [0.5, 0.6) is 0 Å². The van der Waals surface area contributed by atoms with Crippen molar-refractivity contribution in [3.05, 3.63) is 0 Å². The first-order chi connectivity index (χ1) is 5.61. The second-order valence-electron chi connectivity index (χ2n) is 3.08. The fourth-order valence-electron chi connectivity index (χ4n) is 1.53. The minimum Gasteiger partial charge on any atom is -0.392 e. The second-order valence-corrected chi connectivity index (χ2v) is 3.08. The van der Waals surface area contributed by atoms with Crippen LogP contribution in [0, 0.1) is 0 Å². The highest BCUT2D eigenvalue weighted by Gasteiger charge is 2.31. The highest BCUT2D eigenvalue weighted by atomic mass is 19.1. The normalized spacial score (nSPS) is 32.5. The van der Waals surface area contributed by atoms with Crippen LogP contribution in [-0.4, -0.2) is 41.9 Å². The fourth-order valence-corrected chi connectivity index (χ4v) is 1.53. The Bertz CT molecular complexity index is 119. The number of rotatable bonds is 1. The van der Waals surface area contributed by atoms with Crippen LogP contribution in [0.4, 0.5) is 4.39 Å². The molecule has 0 unspecified atom stereocenters. The lowest BCUT2D eigenvalue weighted by molar-refractivity contribution is 0.101. The Kier molecular flexibility index (Phi) is 5.42. The molecule has 12 heavy (non-hydrogen) atoms. The summed E-state index contributed by atoms with van der Waals surface area (Å²) < 4.78 is 12.6. The summed E-state index contributed by atoms with van der Waals surface area (Å²) >= 11 is 0. The van der Waals surface area contributed by atoms with Crippen LogP contribution in [0.2, 0.25) is 0 Å². The average Bonchev–Trinajstić information content (AvgIpc) is 2.34. The minimum atomic E-state index is -0.746. The number of aliphatic hydroxyl groups is 1. The highest BCUT2D eigenvalue weighted by molar-refractivity contribution is 4.86. The molecule has 0 aromatic carbocycles. The molecule has 0 bridgehead atoms. The van der Waals surface area contributed by atoms with Crippen molar-refractivity contribution in [3.63, 3.8) is 0 Å². The van der Waals surface area contributed by atoms with Gasteiger partial charge in [0.05, 0.1) is 6.10 Å². The van der Waals surface area contributed by atoms with Crippen molar-refractivity contribution in [1.29, 1.82) is 0 Å². The zero-order valence-electron chi connectivity index (χ0n) is 8.42. The van der Waals surface area contributed by atoms with Gasteiger partial charge in [0.25, 0.3) is 0 Å². The van der Waals surface area contributed by atoms with E-state index in [9.17, 15) is 4.39 Å². The number of nitrogens with zero attached hydrogens (tertiary/aromatic N) is 1. The first-order valence-corrected chi connectivity index (χ1v) is 4.63. The Morgan fingerprint density at radius 2 is 2.00 bits per heavy atom. The molecular formula is C9H20FNO. The SMILES string of the molecule is CC.C[C@H](O)[C@@H]1C[C@H](F)CN1C. The highest BCUT2D eigenvalue weighted by Crippen LogP contribution is 2.20. The first-order valence-electron chi connectivity index (χ1n) is 4.63. The standard InChI is InChI=1S/C7H14FNO.C2H6/c1-5(10)7-3-6(8)4-9(7)2;1-2/h5-7,10H,3-4H2,1-2H3;1-2H3/t5-,6-,7-;/m0./s1. The zero-order valence-corrected chi connectivity index (χ0v) is 8.42. The van der Waals surface area contributed by atoms with E-state index in [1.807, 2.05) is 25.8 Å². The quantitative estimate of drug-likeness (QED) is 0.655. The van der Waals surface area contributed by atoms with E-state index < -0.39 is 12.3 Å². The third kappa shape index (κ3) is 3.07. The van der Waals surface area contributed by atoms with E-state index in [0.717, 1.165) is 0 Å². The van der Waals surface area contributed by atoms with Crippen molar-refractivity contribution < 1.29 is 9.50 Å². The topological polar surface area (TPSA) is 23.5 Å². The maximum Gasteiger partial charge on any atom is 0.114 e. The van der Waals surface area contributed by atoms with Gasteiger partial charge in [-0.15, -0.1) is 0 Å². The summed E-state index contributed by atoms with van der Waals surface area (Å²) in [6, 6.07) is 0.0231. The van der Waals surface area contributed by atoms with Gasteiger partial charge in [0, 0.05) is 12.6 Å². The Morgan fingerprint density at radius 3 is 2.17 bits per heavy atom. The van der Waals surface area contributed by atoms with Crippen LogP contribution in [0.1, 0.15) is 27.2 Å². The average molecular weight is 177 g/mol. The number of halogens is 1. The Hall–Kier alpha value is -0.150. The molecule has 0 spiro atoms. The largest absolute Gasteiger partial charge is 0.392 e. The lowest BCUT2D eigenvalue weighted by Gasteiger charge is -2.20. The maximum absolute atomic E-state index is 12.6. The molecule has 2 nitrogen and oxygen atoms in total. The van der Waals surface area contributed by atoms with Gasteiger partial charge in [0.2, 0.25) is 0 Å². The summed E-state index contributed by atoms with van der Waals surface area (Å²) in [6.07, 6.45) is -0.677. The molecule has 0 aliphatic carbocycles. The van der Waals surface area contributed by atoms with Crippen molar-refractivity contribution in [2.24, 2.45) is 0 Å². The van der Waals surface area contributed by atoms with E-state index in [1.54, 1.807) is 6.92 Å². The second kappa shape index (κ2) is 5.49. The van der Waals surface area contributed by atoms with Gasteiger partial charge >= 0.3 is 0 Å². The predicted molar refractivity (Wildman–Crippen MR) is 49.0 cm³/mol. The summed E-state index contributed by atoms with van der Waals surface area (Å²) in [5.41, 5.74) is 0. The molecule has 1 aliphatic rings. The van der Waals surface area contributed by atoms with Gasteiger partial charge in [-0.3, -0.25) is 4.90 Å². The molecule has 1 N–H and O–H groups in total. The summed E-state index contributed by atoms with van der Waals surface area (Å²) in [7, 11) is 1.84. The minimum absolute atomic E-state index is 0.0231. The van der Waals surface area contributed by atoms with Gasteiger partial charge in [-0.2, -0.15) is 0 Å². The van der Waals surface area contributed by atoms with Crippen LogP contribution in [-0.2, 0) is 0 Å². The Labute approximate surface area is 74.4 Å². The summed E-state index contributed by atoms with van der Waals surface area (Å²) in [5.74, 6) is 0. The number of likely N-dealkylation sites (N-methyl/N-ethyl adjacent to an activating group) is 1. The number of hydrogen-bond acceptors (Lipinski definition) is 2. The van der Waals surface area contributed by atoms with Gasteiger partial charge in [-0.05, 0) is 20.4 Å². The van der Waals surface area contributed by atoms with Gasteiger partial charge in [-0.1, -0.05) is 13.8 Å². The molecule has 0 amide bonds. The molecule has 0 aromatic heterocycles. The van der Waals surface area contributed by atoms with Gasteiger partial charge in [0.1, 0.15) is 6.17 Å². The maximum atomic E-state index is 12.6. The van der Waals surface area contributed by atoms with Crippen LogP contribution in [0.15, 0.2) is 0 Å². The van der Waals surface area contributed by atoms with E-state index in [1.165, 1.54) is 0 Å². The van der Waals surface area contributed by atoms with E-state index in [2.05, 4.69) is 0 Å². The molecule has 0 radical (unpaired) electrons. The van der Waals surface area contributed by atoms with Gasteiger partial charge < -0.3 is 5.11 Å². The molecule has 0 aromatic rings. The molecular weight excluding hydrogens is 157 g/mol. The van der Waals surface area contributed by atoms with Crippen LogP contribution in [0.3, 0.4) is 0 Å². The molecule has 1 saturated heterocycles. The van der Waals surface area contributed by atoms with Crippen LogP contribution < -0.4 is 0 Å². The molecule has 1 aliphatic heterocycles. The molecule has 3 atom stereocenters. The first kappa shape index (κ1) is 11.8. The Balaban J connectivity index is 0.000000561. The summed E-state index contributed by atoms with van der Waals surface area (Å²) in [5, 5.41) is 9.13. The fraction of sp³-hybridized carbons (Fsp3) is 1.00. The smallest absolute Gasteiger partial charge is 0.114 e. The molecule has 1 fully saturated rings. The summed E-state index contributed by atoms with van der Waals surface area (Å²) in [4.78, 5) is 1.87. The van der Waals surface area contributed by atoms with Crippen molar-refractivity contribution >= 4 is 0 Å². The third-order valence-electron chi connectivity index (χ3n) is 2.11. The summed E-state index contributed by atoms with van der Waals surface area (Å²) in [6.45, 7) is 6.18. The Morgan fingerprint density at radius 1 is 1.50 bits per heavy atom. The van der Waals surface area contributed by atoms with Gasteiger partial charge in [0.15, 0.2) is 0 Å². The van der Waals surface area contributed by atoms with Crippen LogP contribution in [0.25, 0.3) is 0 Å².